The van der Waals surface area contributed by atoms with Crippen molar-refractivity contribution >= 4 is 0 Å². The standard InChI is InChI=1S/C22H44/c1-4-5-6-7-8-12-17-22(19-14-10-15-20-22)18-13-9-11-16-21(2)3/h21H,4-20H2,1-3H3. The van der Waals surface area contributed by atoms with Gasteiger partial charge in [-0.1, -0.05) is 104 Å². The highest BCUT2D eigenvalue weighted by Crippen LogP contribution is 2.44. The highest BCUT2D eigenvalue weighted by atomic mass is 14.4. The molecule has 0 heterocycles. The van der Waals surface area contributed by atoms with Crippen molar-refractivity contribution in [3.63, 3.8) is 0 Å². The Morgan fingerprint density at radius 1 is 0.682 bits per heavy atom. The van der Waals surface area contributed by atoms with Crippen LogP contribution < -0.4 is 0 Å². The van der Waals surface area contributed by atoms with Crippen LogP contribution in [0.4, 0.5) is 0 Å². The Balaban J connectivity index is 2.19. The third-order valence-corrected chi connectivity index (χ3v) is 5.96. The Morgan fingerprint density at radius 2 is 1.23 bits per heavy atom. The van der Waals surface area contributed by atoms with Gasteiger partial charge in [-0.05, 0) is 37.0 Å². The van der Waals surface area contributed by atoms with Crippen LogP contribution >= 0.6 is 0 Å². The van der Waals surface area contributed by atoms with E-state index in [1.807, 2.05) is 0 Å². The van der Waals surface area contributed by atoms with Crippen molar-refractivity contribution in [2.75, 3.05) is 0 Å². The molecule has 0 amide bonds. The Hall–Kier alpha value is 0. The maximum Gasteiger partial charge on any atom is -0.0297 e. The van der Waals surface area contributed by atoms with Crippen LogP contribution in [0.2, 0.25) is 0 Å². The molecule has 1 rings (SSSR count). The average molecular weight is 309 g/mol. The summed E-state index contributed by atoms with van der Waals surface area (Å²) in [6.07, 6.45) is 25.4. The van der Waals surface area contributed by atoms with E-state index in [0.717, 1.165) is 11.3 Å². The molecule has 22 heavy (non-hydrogen) atoms. The molecule has 132 valence electrons. The van der Waals surface area contributed by atoms with E-state index in [-0.39, 0.29) is 0 Å². The summed E-state index contributed by atoms with van der Waals surface area (Å²) in [5.41, 5.74) is 0.765. The molecule has 1 fully saturated rings. The summed E-state index contributed by atoms with van der Waals surface area (Å²) >= 11 is 0. The minimum Gasteiger partial charge on any atom is -0.0654 e. The van der Waals surface area contributed by atoms with Crippen molar-refractivity contribution in [2.24, 2.45) is 11.3 Å². The van der Waals surface area contributed by atoms with Crippen LogP contribution in [0.5, 0.6) is 0 Å². The van der Waals surface area contributed by atoms with Gasteiger partial charge in [-0.25, -0.2) is 0 Å². The van der Waals surface area contributed by atoms with Crippen molar-refractivity contribution in [2.45, 2.75) is 130 Å². The largest absolute Gasteiger partial charge is 0.0654 e. The summed E-state index contributed by atoms with van der Waals surface area (Å²) in [6, 6.07) is 0. The molecule has 0 aromatic carbocycles. The van der Waals surface area contributed by atoms with Crippen LogP contribution in [0.3, 0.4) is 0 Å². The van der Waals surface area contributed by atoms with Crippen LogP contribution in [-0.2, 0) is 0 Å². The van der Waals surface area contributed by atoms with Gasteiger partial charge in [0.15, 0.2) is 0 Å². The van der Waals surface area contributed by atoms with Gasteiger partial charge in [0, 0.05) is 0 Å². The monoisotopic (exact) mass is 308 g/mol. The van der Waals surface area contributed by atoms with Gasteiger partial charge in [-0.15, -0.1) is 0 Å². The lowest BCUT2D eigenvalue weighted by molar-refractivity contribution is 0.146. The fraction of sp³-hybridized carbons (Fsp3) is 1.00. The molecule has 0 aliphatic heterocycles. The molecule has 0 radical (unpaired) electrons. The van der Waals surface area contributed by atoms with Crippen molar-refractivity contribution < 1.29 is 0 Å². The number of rotatable bonds is 13. The summed E-state index contributed by atoms with van der Waals surface area (Å²) < 4.78 is 0. The summed E-state index contributed by atoms with van der Waals surface area (Å²) in [4.78, 5) is 0. The Bertz CT molecular complexity index is 234. The van der Waals surface area contributed by atoms with E-state index in [0.29, 0.717) is 0 Å². The molecule has 1 saturated carbocycles. The molecule has 0 heteroatoms. The van der Waals surface area contributed by atoms with Gasteiger partial charge < -0.3 is 0 Å². The summed E-state index contributed by atoms with van der Waals surface area (Å²) in [6.45, 7) is 7.04. The van der Waals surface area contributed by atoms with Gasteiger partial charge in [-0.3, -0.25) is 0 Å². The lowest BCUT2D eigenvalue weighted by Crippen LogP contribution is -2.24. The van der Waals surface area contributed by atoms with E-state index < -0.39 is 0 Å². The predicted molar refractivity (Wildman–Crippen MR) is 101 cm³/mol. The number of unbranched alkanes of at least 4 members (excludes halogenated alkanes) is 7. The second kappa shape index (κ2) is 12.4. The van der Waals surface area contributed by atoms with E-state index >= 15 is 0 Å². The first-order chi connectivity index (χ1) is 10.7. The fourth-order valence-corrected chi connectivity index (χ4v) is 4.44. The number of hydrogen-bond donors (Lipinski definition) is 0. The first kappa shape index (κ1) is 20.0. The predicted octanol–water partition coefficient (Wildman–Crippen LogP) is 8.29. The molecule has 0 atom stereocenters. The molecule has 1 aliphatic carbocycles. The molecule has 0 unspecified atom stereocenters. The van der Waals surface area contributed by atoms with Crippen LogP contribution in [0.15, 0.2) is 0 Å². The Kier molecular flexibility index (Phi) is 11.3. The molecular formula is C22H44. The smallest absolute Gasteiger partial charge is 0.0297 e. The van der Waals surface area contributed by atoms with E-state index in [2.05, 4.69) is 20.8 Å². The van der Waals surface area contributed by atoms with Crippen LogP contribution in [-0.4, -0.2) is 0 Å². The van der Waals surface area contributed by atoms with Crippen LogP contribution in [0.25, 0.3) is 0 Å². The molecular weight excluding hydrogens is 264 g/mol. The molecule has 0 N–H and O–H groups in total. The Labute approximate surface area is 141 Å². The third-order valence-electron chi connectivity index (χ3n) is 5.96. The van der Waals surface area contributed by atoms with Gasteiger partial charge in [0.25, 0.3) is 0 Å². The summed E-state index contributed by atoms with van der Waals surface area (Å²) in [5, 5.41) is 0. The van der Waals surface area contributed by atoms with E-state index in [9.17, 15) is 0 Å². The zero-order valence-corrected chi connectivity index (χ0v) is 16.1. The molecule has 0 bridgehead atoms. The lowest BCUT2D eigenvalue weighted by Gasteiger charge is -2.38. The quantitative estimate of drug-likeness (QED) is 0.300. The topological polar surface area (TPSA) is 0 Å². The van der Waals surface area contributed by atoms with Gasteiger partial charge >= 0.3 is 0 Å². The first-order valence-electron chi connectivity index (χ1n) is 10.7. The average Bonchev–Trinajstić information content (AvgIpc) is 2.51. The molecule has 0 aromatic rings. The molecule has 0 nitrogen and oxygen atoms in total. The van der Waals surface area contributed by atoms with Crippen molar-refractivity contribution in [1.82, 2.24) is 0 Å². The SMILES string of the molecule is CCCCCCCCC1(CCCCCC(C)C)CCCCC1. The second-order valence-electron chi connectivity index (χ2n) is 8.57. The zero-order chi connectivity index (χ0) is 16.1. The Morgan fingerprint density at radius 3 is 1.82 bits per heavy atom. The first-order valence-corrected chi connectivity index (χ1v) is 10.7. The summed E-state index contributed by atoms with van der Waals surface area (Å²) in [7, 11) is 0. The van der Waals surface area contributed by atoms with Gasteiger partial charge in [0.1, 0.15) is 0 Å². The van der Waals surface area contributed by atoms with Gasteiger partial charge in [0.05, 0.1) is 0 Å². The third kappa shape index (κ3) is 9.21. The molecule has 1 aliphatic rings. The highest BCUT2D eigenvalue weighted by molar-refractivity contribution is 4.82. The lowest BCUT2D eigenvalue weighted by atomic mass is 9.68. The highest BCUT2D eigenvalue weighted by Gasteiger charge is 2.30. The minimum absolute atomic E-state index is 0.765. The van der Waals surface area contributed by atoms with Crippen molar-refractivity contribution in [3.05, 3.63) is 0 Å². The molecule has 0 spiro atoms. The van der Waals surface area contributed by atoms with Crippen molar-refractivity contribution in [3.8, 4) is 0 Å². The fourth-order valence-electron chi connectivity index (χ4n) is 4.44. The minimum atomic E-state index is 0.765. The van der Waals surface area contributed by atoms with Gasteiger partial charge in [-0.2, -0.15) is 0 Å². The van der Waals surface area contributed by atoms with E-state index in [1.165, 1.54) is 83.5 Å². The van der Waals surface area contributed by atoms with Gasteiger partial charge in [0.2, 0.25) is 0 Å². The maximum atomic E-state index is 2.36. The second-order valence-corrected chi connectivity index (χ2v) is 8.57. The normalized spacial score (nSPS) is 18.0. The zero-order valence-electron chi connectivity index (χ0n) is 16.1. The summed E-state index contributed by atoms with van der Waals surface area (Å²) in [5.74, 6) is 0.895. The molecule has 0 aromatic heterocycles. The van der Waals surface area contributed by atoms with Crippen molar-refractivity contribution in [1.29, 1.82) is 0 Å². The maximum absolute atomic E-state index is 2.36. The van der Waals surface area contributed by atoms with E-state index in [1.54, 1.807) is 25.7 Å². The number of hydrogen-bond acceptors (Lipinski definition) is 0. The molecule has 0 saturated heterocycles. The van der Waals surface area contributed by atoms with Crippen LogP contribution in [0, 0.1) is 11.3 Å². The van der Waals surface area contributed by atoms with Crippen LogP contribution in [0.1, 0.15) is 130 Å². The van der Waals surface area contributed by atoms with E-state index in [4.69, 9.17) is 0 Å².